The van der Waals surface area contributed by atoms with E-state index >= 15 is 0 Å². The van der Waals surface area contributed by atoms with Gasteiger partial charge in [-0.1, -0.05) is 13.8 Å². The number of unbranched alkanes of at least 4 members (excludes halogenated alkanes) is 2. The molecule has 0 atom stereocenters. The zero-order chi connectivity index (χ0) is 18.7. The van der Waals surface area contributed by atoms with Gasteiger partial charge < -0.3 is 23.8 Å². The minimum Gasteiger partial charge on any atom is -0.493 e. The van der Waals surface area contributed by atoms with Crippen LogP contribution in [0.5, 0.6) is 17.2 Å². The van der Waals surface area contributed by atoms with Crippen LogP contribution in [0.2, 0.25) is 0 Å². The first-order valence-corrected chi connectivity index (χ1v) is 8.80. The van der Waals surface area contributed by atoms with Gasteiger partial charge >= 0.3 is 5.97 Å². The summed E-state index contributed by atoms with van der Waals surface area (Å²) in [4.78, 5) is 14.6. The van der Waals surface area contributed by atoms with Crippen LogP contribution in [0.1, 0.15) is 43.5 Å². The molecule has 0 spiro atoms. The van der Waals surface area contributed by atoms with Gasteiger partial charge in [-0.3, -0.25) is 0 Å². The van der Waals surface area contributed by atoms with Crippen molar-refractivity contribution in [1.82, 2.24) is 4.90 Å². The van der Waals surface area contributed by atoms with Crippen molar-refractivity contribution in [2.24, 2.45) is 0 Å². The maximum atomic E-state index is 12.2. The Bertz CT molecular complexity index is 510. The molecule has 0 amide bonds. The molecule has 0 N–H and O–H groups in total. The number of methoxy groups -OCH3 is 3. The van der Waals surface area contributed by atoms with E-state index in [0.717, 1.165) is 38.9 Å². The summed E-state index contributed by atoms with van der Waals surface area (Å²) in [5, 5.41) is 0. The van der Waals surface area contributed by atoms with Gasteiger partial charge in [-0.2, -0.15) is 0 Å². The molecular weight excluding hydrogens is 358 g/mol. The first-order valence-electron chi connectivity index (χ1n) is 8.80. The molecule has 0 fully saturated rings. The maximum absolute atomic E-state index is 12.2. The molecule has 0 aromatic heterocycles. The predicted octanol–water partition coefficient (Wildman–Crippen LogP) is 3.80. The number of rotatable bonds is 12. The Morgan fingerprint density at radius 2 is 1.50 bits per heavy atom. The molecule has 0 heterocycles. The van der Waals surface area contributed by atoms with Crippen molar-refractivity contribution in [1.29, 1.82) is 0 Å². The standard InChI is InChI=1S/C19H31NO5.ClH/c1-6-20(7-2)11-9-8-10-12-25-19(21)15-13-16(22-3)18(24-5)17(14-15)23-4;/h13-14H,6-12H2,1-5H3;1H. The van der Waals surface area contributed by atoms with Crippen molar-refractivity contribution in [2.75, 3.05) is 47.6 Å². The molecule has 0 aliphatic heterocycles. The number of nitrogens with zero attached hydrogens (tertiary/aromatic N) is 1. The maximum Gasteiger partial charge on any atom is 0.338 e. The normalized spacial score (nSPS) is 10.2. The lowest BCUT2D eigenvalue weighted by Gasteiger charge is -2.17. The van der Waals surface area contributed by atoms with E-state index in [2.05, 4.69) is 18.7 Å². The van der Waals surface area contributed by atoms with Crippen molar-refractivity contribution in [2.45, 2.75) is 33.1 Å². The van der Waals surface area contributed by atoms with Crippen LogP contribution in [0, 0.1) is 0 Å². The molecular formula is C19H32ClNO5. The number of hydrogen-bond acceptors (Lipinski definition) is 6. The fourth-order valence-corrected chi connectivity index (χ4v) is 2.60. The molecule has 6 nitrogen and oxygen atoms in total. The molecule has 0 saturated carbocycles. The summed E-state index contributed by atoms with van der Waals surface area (Å²) >= 11 is 0. The van der Waals surface area contributed by atoms with E-state index < -0.39 is 0 Å². The lowest BCUT2D eigenvalue weighted by atomic mass is 10.2. The molecule has 0 unspecified atom stereocenters. The summed E-state index contributed by atoms with van der Waals surface area (Å²) in [7, 11) is 4.56. The first kappa shape index (κ1) is 24.3. The Morgan fingerprint density at radius 1 is 0.923 bits per heavy atom. The number of carbonyl (C=O) groups is 1. The van der Waals surface area contributed by atoms with Crippen molar-refractivity contribution in [3.8, 4) is 17.2 Å². The van der Waals surface area contributed by atoms with Crippen LogP contribution in [0.3, 0.4) is 0 Å². The summed E-state index contributed by atoms with van der Waals surface area (Å²) in [6.07, 6.45) is 3.01. The summed E-state index contributed by atoms with van der Waals surface area (Å²) < 4.78 is 21.1. The third-order valence-electron chi connectivity index (χ3n) is 4.15. The van der Waals surface area contributed by atoms with Crippen molar-refractivity contribution >= 4 is 18.4 Å². The lowest BCUT2D eigenvalue weighted by molar-refractivity contribution is 0.0496. The number of halogens is 1. The van der Waals surface area contributed by atoms with Crippen molar-refractivity contribution in [3.63, 3.8) is 0 Å². The van der Waals surface area contributed by atoms with E-state index in [9.17, 15) is 4.79 Å². The van der Waals surface area contributed by atoms with Gasteiger partial charge in [-0.05, 0) is 51.0 Å². The number of ether oxygens (including phenoxy) is 4. The third-order valence-corrected chi connectivity index (χ3v) is 4.15. The van der Waals surface area contributed by atoms with Crippen molar-refractivity contribution in [3.05, 3.63) is 17.7 Å². The average molecular weight is 390 g/mol. The second-order valence-electron chi connectivity index (χ2n) is 5.64. The zero-order valence-electron chi connectivity index (χ0n) is 16.5. The number of benzene rings is 1. The molecule has 26 heavy (non-hydrogen) atoms. The summed E-state index contributed by atoms with van der Waals surface area (Å²) in [6.45, 7) is 7.99. The molecule has 0 bridgehead atoms. The van der Waals surface area contributed by atoms with Crippen LogP contribution in [0.25, 0.3) is 0 Å². The second-order valence-corrected chi connectivity index (χ2v) is 5.64. The first-order chi connectivity index (χ1) is 12.1. The van der Waals surface area contributed by atoms with Crippen molar-refractivity contribution < 1.29 is 23.7 Å². The fourth-order valence-electron chi connectivity index (χ4n) is 2.60. The molecule has 0 aliphatic carbocycles. The monoisotopic (exact) mass is 389 g/mol. The number of carbonyl (C=O) groups excluding carboxylic acids is 1. The topological polar surface area (TPSA) is 57.2 Å². The highest BCUT2D eigenvalue weighted by atomic mass is 35.5. The van der Waals surface area contributed by atoms with Crippen LogP contribution >= 0.6 is 12.4 Å². The highest BCUT2D eigenvalue weighted by molar-refractivity contribution is 5.91. The Kier molecular flexibility index (Phi) is 12.7. The molecule has 0 radical (unpaired) electrons. The van der Waals surface area contributed by atoms with Gasteiger partial charge in [0, 0.05) is 0 Å². The highest BCUT2D eigenvalue weighted by Gasteiger charge is 2.17. The van der Waals surface area contributed by atoms with Crippen LogP contribution in [0.4, 0.5) is 0 Å². The van der Waals surface area contributed by atoms with E-state index in [1.165, 1.54) is 21.3 Å². The van der Waals surface area contributed by atoms with Gasteiger partial charge in [0.05, 0.1) is 33.5 Å². The molecule has 1 rings (SSSR count). The minimum absolute atomic E-state index is 0. The fraction of sp³-hybridized carbons (Fsp3) is 0.632. The van der Waals surface area contributed by atoms with Gasteiger partial charge in [0.2, 0.25) is 5.75 Å². The molecule has 0 aliphatic rings. The smallest absolute Gasteiger partial charge is 0.338 e. The largest absolute Gasteiger partial charge is 0.493 e. The SMILES string of the molecule is CCN(CC)CCCCCOC(=O)c1cc(OC)c(OC)c(OC)c1.Cl. The Labute approximate surface area is 163 Å². The van der Waals surface area contributed by atoms with Gasteiger partial charge in [0.1, 0.15) is 0 Å². The van der Waals surface area contributed by atoms with E-state index in [-0.39, 0.29) is 18.4 Å². The van der Waals surface area contributed by atoms with E-state index in [1.54, 1.807) is 12.1 Å². The van der Waals surface area contributed by atoms with E-state index in [0.29, 0.717) is 29.4 Å². The van der Waals surface area contributed by atoms with Crippen LogP contribution < -0.4 is 14.2 Å². The highest BCUT2D eigenvalue weighted by Crippen LogP contribution is 2.38. The summed E-state index contributed by atoms with van der Waals surface area (Å²) in [6, 6.07) is 3.20. The molecule has 150 valence electrons. The number of esters is 1. The lowest BCUT2D eigenvalue weighted by Crippen LogP contribution is -2.23. The second kappa shape index (κ2) is 13.5. The molecule has 1 aromatic rings. The molecule has 0 saturated heterocycles. The summed E-state index contributed by atoms with van der Waals surface area (Å²) in [5.41, 5.74) is 0.387. The third kappa shape index (κ3) is 7.30. The van der Waals surface area contributed by atoms with Crippen LogP contribution in [-0.2, 0) is 4.74 Å². The molecule has 7 heteroatoms. The van der Waals surface area contributed by atoms with E-state index in [4.69, 9.17) is 18.9 Å². The Morgan fingerprint density at radius 3 is 1.96 bits per heavy atom. The number of hydrogen-bond donors (Lipinski definition) is 0. The van der Waals surface area contributed by atoms with Gasteiger partial charge in [0.15, 0.2) is 11.5 Å². The molecule has 1 aromatic carbocycles. The van der Waals surface area contributed by atoms with Crippen LogP contribution in [-0.4, -0.2) is 58.4 Å². The van der Waals surface area contributed by atoms with Gasteiger partial charge in [-0.15, -0.1) is 12.4 Å². The van der Waals surface area contributed by atoms with E-state index in [1.807, 2.05) is 0 Å². The van der Waals surface area contributed by atoms with Gasteiger partial charge in [0.25, 0.3) is 0 Å². The quantitative estimate of drug-likeness (QED) is 0.400. The van der Waals surface area contributed by atoms with Gasteiger partial charge in [-0.25, -0.2) is 4.79 Å². The average Bonchev–Trinajstić information content (AvgIpc) is 2.65. The Balaban J connectivity index is 0.00000625. The zero-order valence-corrected chi connectivity index (χ0v) is 17.3. The van der Waals surface area contributed by atoms with Crippen LogP contribution in [0.15, 0.2) is 12.1 Å². The minimum atomic E-state index is -0.386. The predicted molar refractivity (Wildman–Crippen MR) is 105 cm³/mol. The Hall–Kier alpha value is -1.66. The summed E-state index contributed by atoms with van der Waals surface area (Å²) in [5.74, 6) is 0.946.